The van der Waals surface area contributed by atoms with E-state index in [4.69, 9.17) is 0 Å². The van der Waals surface area contributed by atoms with E-state index >= 15 is 0 Å². The van der Waals surface area contributed by atoms with Crippen LogP contribution in [0.2, 0.25) is 0 Å². The number of nitrogens with zero attached hydrogens (tertiary/aromatic N) is 2. The molecule has 0 saturated heterocycles. The summed E-state index contributed by atoms with van der Waals surface area (Å²) in [5.74, 6) is 0.886. The molecule has 20 heavy (non-hydrogen) atoms. The van der Waals surface area contributed by atoms with E-state index < -0.39 is 0 Å². The second-order valence-electron chi connectivity index (χ2n) is 5.12. The molecule has 1 heterocycles. The van der Waals surface area contributed by atoms with Crippen LogP contribution in [-0.4, -0.2) is 16.7 Å². The number of benzene rings is 1. The van der Waals surface area contributed by atoms with Crippen molar-refractivity contribution in [1.82, 2.24) is 10.2 Å². The zero-order valence-electron chi connectivity index (χ0n) is 12.8. The number of hydrogen-bond donors (Lipinski definition) is 1. The first-order valence-corrected chi connectivity index (χ1v) is 7.34. The molecule has 0 radical (unpaired) electrons. The summed E-state index contributed by atoms with van der Waals surface area (Å²) in [5, 5.41) is 11.9. The van der Waals surface area contributed by atoms with Gasteiger partial charge in [0.25, 0.3) is 0 Å². The summed E-state index contributed by atoms with van der Waals surface area (Å²) in [4.78, 5) is 0. The fourth-order valence-corrected chi connectivity index (χ4v) is 2.33. The molecule has 0 aliphatic heterocycles. The molecule has 0 fully saturated rings. The number of nitrogens with one attached hydrogen (secondary N) is 1. The predicted molar refractivity (Wildman–Crippen MR) is 85.1 cm³/mol. The summed E-state index contributed by atoms with van der Waals surface area (Å²) in [6.07, 6.45) is 2.30. The average Bonchev–Trinajstić information content (AvgIpc) is 2.46. The van der Waals surface area contributed by atoms with Crippen molar-refractivity contribution in [2.24, 2.45) is 0 Å². The molecular formula is C17H23N3. The van der Waals surface area contributed by atoms with Crippen LogP contribution >= 0.6 is 0 Å². The van der Waals surface area contributed by atoms with Crippen LogP contribution in [0.4, 0.5) is 5.82 Å². The molecule has 0 bridgehead atoms. The first kappa shape index (κ1) is 14.5. The molecule has 0 aliphatic rings. The van der Waals surface area contributed by atoms with E-state index in [9.17, 15) is 0 Å². The zero-order chi connectivity index (χ0) is 14.5. The van der Waals surface area contributed by atoms with Crippen LogP contribution in [0.25, 0.3) is 11.3 Å². The Morgan fingerprint density at radius 3 is 2.25 bits per heavy atom. The second kappa shape index (κ2) is 6.51. The molecular weight excluding hydrogens is 246 g/mol. The van der Waals surface area contributed by atoms with Gasteiger partial charge in [-0.15, -0.1) is 10.2 Å². The molecule has 1 N–H and O–H groups in total. The third-order valence-electron chi connectivity index (χ3n) is 3.63. The topological polar surface area (TPSA) is 37.8 Å². The lowest BCUT2D eigenvalue weighted by Crippen LogP contribution is -2.06. The second-order valence-corrected chi connectivity index (χ2v) is 5.12. The van der Waals surface area contributed by atoms with E-state index in [1.807, 2.05) is 0 Å². The Labute approximate surface area is 121 Å². The van der Waals surface area contributed by atoms with Gasteiger partial charge in [0.05, 0.1) is 5.69 Å². The van der Waals surface area contributed by atoms with Crippen molar-refractivity contribution in [3.63, 3.8) is 0 Å². The Bertz CT molecular complexity index is 574. The van der Waals surface area contributed by atoms with Gasteiger partial charge in [-0.1, -0.05) is 37.6 Å². The first-order valence-electron chi connectivity index (χ1n) is 7.34. The highest BCUT2D eigenvalue weighted by Crippen LogP contribution is 2.26. The largest absolute Gasteiger partial charge is 0.369 e. The normalized spacial score (nSPS) is 10.6. The molecule has 0 aliphatic carbocycles. The number of anilines is 1. The van der Waals surface area contributed by atoms with E-state index in [-0.39, 0.29) is 0 Å². The van der Waals surface area contributed by atoms with Crippen LogP contribution in [0.5, 0.6) is 0 Å². The minimum absolute atomic E-state index is 0.861. The molecule has 3 heteroatoms. The predicted octanol–water partition coefficient (Wildman–Crippen LogP) is 4.14. The van der Waals surface area contributed by atoms with Gasteiger partial charge in [-0.3, -0.25) is 0 Å². The zero-order valence-corrected chi connectivity index (χ0v) is 12.8. The van der Waals surface area contributed by atoms with Gasteiger partial charge in [0.15, 0.2) is 5.82 Å². The molecule has 1 aromatic heterocycles. The van der Waals surface area contributed by atoms with Crippen molar-refractivity contribution >= 4 is 5.82 Å². The Hall–Kier alpha value is -1.90. The van der Waals surface area contributed by atoms with Gasteiger partial charge < -0.3 is 5.32 Å². The molecule has 0 amide bonds. The van der Waals surface area contributed by atoms with Gasteiger partial charge in [-0.05, 0) is 43.9 Å². The Balaban J connectivity index is 2.35. The summed E-state index contributed by atoms with van der Waals surface area (Å²) in [5.41, 5.74) is 5.87. The van der Waals surface area contributed by atoms with Gasteiger partial charge in [0, 0.05) is 12.1 Å². The summed E-state index contributed by atoms with van der Waals surface area (Å²) in [6, 6.07) is 8.67. The van der Waals surface area contributed by atoms with Gasteiger partial charge in [-0.25, -0.2) is 0 Å². The lowest BCUT2D eigenvalue weighted by Gasteiger charge is -2.12. The van der Waals surface area contributed by atoms with Crippen molar-refractivity contribution < 1.29 is 0 Å². The van der Waals surface area contributed by atoms with Crippen LogP contribution in [-0.2, 0) is 6.42 Å². The minimum atomic E-state index is 0.861. The Morgan fingerprint density at radius 2 is 1.65 bits per heavy atom. The lowest BCUT2D eigenvalue weighted by molar-refractivity contribution is 0.921. The maximum atomic E-state index is 4.39. The van der Waals surface area contributed by atoms with E-state index in [1.54, 1.807) is 0 Å². The van der Waals surface area contributed by atoms with Crippen LogP contribution in [0.15, 0.2) is 24.3 Å². The molecule has 0 unspecified atom stereocenters. The number of hydrogen-bond acceptors (Lipinski definition) is 3. The third kappa shape index (κ3) is 2.98. The van der Waals surface area contributed by atoms with Crippen LogP contribution in [0.1, 0.15) is 37.0 Å². The van der Waals surface area contributed by atoms with Gasteiger partial charge in [0.1, 0.15) is 0 Å². The van der Waals surface area contributed by atoms with E-state index in [0.29, 0.717) is 0 Å². The van der Waals surface area contributed by atoms with E-state index in [0.717, 1.165) is 30.0 Å². The Morgan fingerprint density at radius 1 is 0.950 bits per heavy atom. The van der Waals surface area contributed by atoms with E-state index in [2.05, 4.69) is 67.5 Å². The number of aromatic nitrogens is 2. The number of aryl methyl sites for hydroxylation is 1. The Kier molecular flexibility index (Phi) is 4.72. The molecule has 2 rings (SSSR count). The van der Waals surface area contributed by atoms with Crippen molar-refractivity contribution in [2.45, 2.75) is 40.5 Å². The highest BCUT2D eigenvalue weighted by atomic mass is 15.2. The maximum Gasteiger partial charge on any atom is 0.151 e. The van der Waals surface area contributed by atoms with Crippen molar-refractivity contribution in [1.29, 1.82) is 0 Å². The molecule has 0 saturated carbocycles. The molecule has 0 spiro atoms. The molecule has 3 nitrogen and oxygen atoms in total. The van der Waals surface area contributed by atoms with Crippen LogP contribution < -0.4 is 5.32 Å². The number of rotatable bonds is 5. The quantitative estimate of drug-likeness (QED) is 0.886. The van der Waals surface area contributed by atoms with Crippen molar-refractivity contribution in [3.8, 4) is 11.3 Å². The van der Waals surface area contributed by atoms with Gasteiger partial charge in [0.2, 0.25) is 0 Å². The standard InChI is InChI=1S/C17H23N3/c1-5-7-14-8-10-15(11-9-14)16-12(3)13(4)17(18-6-2)20-19-16/h8-11H,5-7H2,1-4H3,(H,18,20). The SMILES string of the molecule is CCCc1ccc(-c2nnc(NCC)c(C)c2C)cc1. The third-order valence-corrected chi connectivity index (χ3v) is 3.63. The first-order chi connectivity index (χ1) is 9.67. The molecule has 1 aromatic carbocycles. The monoisotopic (exact) mass is 269 g/mol. The van der Waals surface area contributed by atoms with Crippen molar-refractivity contribution in [2.75, 3.05) is 11.9 Å². The smallest absolute Gasteiger partial charge is 0.151 e. The van der Waals surface area contributed by atoms with Gasteiger partial charge in [-0.2, -0.15) is 0 Å². The summed E-state index contributed by atoms with van der Waals surface area (Å²) in [6.45, 7) is 9.33. The minimum Gasteiger partial charge on any atom is -0.369 e. The highest BCUT2D eigenvalue weighted by molar-refractivity contribution is 5.66. The van der Waals surface area contributed by atoms with Crippen LogP contribution in [0.3, 0.4) is 0 Å². The van der Waals surface area contributed by atoms with Crippen molar-refractivity contribution in [3.05, 3.63) is 41.0 Å². The lowest BCUT2D eigenvalue weighted by atomic mass is 10.0. The molecule has 106 valence electrons. The summed E-state index contributed by atoms with van der Waals surface area (Å²) < 4.78 is 0. The average molecular weight is 269 g/mol. The maximum absolute atomic E-state index is 4.39. The fraction of sp³-hybridized carbons (Fsp3) is 0.412. The van der Waals surface area contributed by atoms with Gasteiger partial charge >= 0.3 is 0 Å². The molecule has 0 atom stereocenters. The van der Waals surface area contributed by atoms with Crippen LogP contribution in [0, 0.1) is 13.8 Å². The van der Waals surface area contributed by atoms with E-state index in [1.165, 1.54) is 23.1 Å². The fourth-order valence-electron chi connectivity index (χ4n) is 2.33. The summed E-state index contributed by atoms with van der Waals surface area (Å²) in [7, 11) is 0. The highest BCUT2D eigenvalue weighted by Gasteiger charge is 2.10. The summed E-state index contributed by atoms with van der Waals surface area (Å²) >= 11 is 0. The molecule has 2 aromatic rings.